The molecule has 0 spiro atoms. The van der Waals surface area contributed by atoms with Gasteiger partial charge in [0.1, 0.15) is 16.8 Å². The normalized spacial score (nSPS) is 10.1. The van der Waals surface area contributed by atoms with E-state index in [4.69, 9.17) is 4.74 Å². The number of anilines is 1. The summed E-state index contributed by atoms with van der Waals surface area (Å²) in [6.45, 7) is 0.265. The lowest BCUT2D eigenvalue weighted by atomic mass is 10.2. The molecule has 1 N–H and O–H groups in total. The van der Waals surface area contributed by atoms with Crippen LogP contribution in [0.15, 0.2) is 46.9 Å². The molecular formula is C14H13BrN2O3. The lowest BCUT2D eigenvalue weighted by Crippen LogP contribution is -1.99. The Morgan fingerprint density at radius 1 is 1.25 bits per heavy atom. The van der Waals surface area contributed by atoms with Crippen molar-refractivity contribution in [2.24, 2.45) is 0 Å². The van der Waals surface area contributed by atoms with E-state index >= 15 is 0 Å². The topological polar surface area (TPSA) is 64.4 Å². The maximum Gasteiger partial charge on any atom is 0.283 e. The fraction of sp³-hybridized carbons (Fsp3) is 0.143. The number of nitro groups is 1. The van der Waals surface area contributed by atoms with E-state index in [-0.39, 0.29) is 12.3 Å². The summed E-state index contributed by atoms with van der Waals surface area (Å²) >= 11 is 3.25. The second-order valence-electron chi connectivity index (χ2n) is 4.07. The zero-order valence-corrected chi connectivity index (χ0v) is 12.4. The van der Waals surface area contributed by atoms with Crippen LogP contribution in [0.4, 0.5) is 11.4 Å². The number of nitrogens with zero attached hydrogens (tertiary/aromatic N) is 1. The number of nitro benzene ring substituents is 1. The van der Waals surface area contributed by atoms with Gasteiger partial charge in [0.05, 0.1) is 4.92 Å². The number of halogens is 1. The molecule has 2 aromatic rings. The molecule has 104 valence electrons. The van der Waals surface area contributed by atoms with Gasteiger partial charge in [-0.15, -0.1) is 0 Å². The fourth-order valence-electron chi connectivity index (χ4n) is 1.70. The molecule has 0 aromatic heterocycles. The van der Waals surface area contributed by atoms with Crippen molar-refractivity contribution < 1.29 is 9.66 Å². The van der Waals surface area contributed by atoms with Gasteiger partial charge in [0, 0.05) is 24.4 Å². The van der Waals surface area contributed by atoms with E-state index in [9.17, 15) is 10.1 Å². The Kier molecular flexibility index (Phi) is 4.57. The third kappa shape index (κ3) is 3.27. The molecular weight excluding hydrogens is 324 g/mol. The maximum atomic E-state index is 10.8. The Morgan fingerprint density at radius 3 is 2.55 bits per heavy atom. The second kappa shape index (κ2) is 6.38. The number of rotatable bonds is 5. The lowest BCUT2D eigenvalue weighted by molar-refractivity contribution is -0.385. The average molecular weight is 337 g/mol. The predicted octanol–water partition coefficient (Wildman–Crippen LogP) is 3.98. The molecule has 0 radical (unpaired) electrons. The van der Waals surface area contributed by atoms with Gasteiger partial charge in [-0.2, -0.15) is 0 Å². The minimum atomic E-state index is -0.421. The summed E-state index contributed by atoms with van der Waals surface area (Å²) in [6.07, 6.45) is 0. The molecule has 2 aromatic carbocycles. The van der Waals surface area contributed by atoms with Crippen molar-refractivity contribution in [3.8, 4) is 5.75 Å². The first-order valence-corrected chi connectivity index (χ1v) is 6.73. The molecule has 0 aliphatic rings. The summed E-state index contributed by atoms with van der Waals surface area (Å²) in [4.78, 5) is 10.4. The third-order valence-electron chi connectivity index (χ3n) is 2.79. The molecule has 20 heavy (non-hydrogen) atoms. The van der Waals surface area contributed by atoms with Gasteiger partial charge in [-0.05, 0) is 40.2 Å². The smallest absolute Gasteiger partial charge is 0.283 e. The second-order valence-corrected chi connectivity index (χ2v) is 4.86. The van der Waals surface area contributed by atoms with Gasteiger partial charge in [-0.25, -0.2) is 0 Å². The first-order chi connectivity index (χ1) is 9.61. The number of benzene rings is 2. The summed E-state index contributed by atoms with van der Waals surface area (Å²) in [5.74, 6) is 0.711. The highest BCUT2D eigenvalue weighted by atomic mass is 79.9. The van der Waals surface area contributed by atoms with Crippen molar-refractivity contribution in [1.82, 2.24) is 0 Å². The summed E-state index contributed by atoms with van der Waals surface area (Å²) in [5, 5.41) is 13.9. The van der Waals surface area contributed by atoms with Gasteiger partial charge < -0.3 is 10.1 Å². The monoisotopic (exact) mass is 336 g/mol. The lowest BCUT2D eigenvalue weighted by Gasteiger charge is -2.09. The molecule has 0 fully saturated rings. The summed E-state index contributed by atoms with van der Waals surface area (Å²) in [6, 6.07) is 12.4. The van der Waals surface area contributed by atoms with Crippen LogP contribution in [0, 0.1) is 10.1 Å². The van der Waals surface area contributed by atoms with E-state index < -0.39 is 4.92 Å². The SMILES string of the molecule is CNc1ccc(OCc2cccc([N+](=O)[O-])c2Br)cc1. The Hall–Kier alpha value is -2.08. The van der Waals surface area contributed by atoms with Crippen molar-refractivity contribution in [2.75, 3.05) is 12.4 Å². The van der Waals surface area contributed by atoms with Crippen LogP contribution >= 0.6 is 15.9 Å². The first kappa shape index (κ1) is 14.3. The van der Waals surface area contributed by atoms with Crippen molar-refractivity contribution in [2.45, 2.75) is 6.61 Å². The van der Waals surface area contributed by atoms with E-state index in [0.29, 0.717) is 10.2 Å². The van der Waals surface area contributed by atoms with E-state index in [1.165, 1.54) is 6.07 Å². The summed E-state index contributed by atoms with van der Waals surface area (Å²) in [7, 11) is 1.84. The maximum absolute atomic E-state index is 10.8. The van der Waals surface area contributed by atoms with Crippen LogP contribution in [0.5, 0.6) is 5.75 Å². The van der Waals surface area contributed by atoms with Crippen molar-refractivity contribution >= 4 is 27.3 Å². The molecule has 0 saturated carbocycles. The Balaban J connectivity index is 2.10. The quantitative estimate of drug-likeness (QED) is 0.662. The fourth-order valence-corrected chi connectivity index (χ4v) is 2.22. The zero-order chi connectivity index (χ0) is 14.5. The Morgan fingerprint density at radius 2 is 1.95 bits per heavy atom. The Bertz CT molecular complexity index is 614. The van der Waals surface area contributed by atoms with Crippen LogP contribution < -0.4 is 10.1 Å². The van der Waals surface area contributed by atoms with Gasteiger partial charge >= 0.3 is 0 Å². The van der Waals surface area contributed by atoms with E-state index in [2.05, 4.69) is 21.2 Å². The molecule has 0 aliphatic carbocycles. The van der Waals surface area contributed by atoms with Crippen LogP contribution in [0.2, 0.25) is 0 Å². The molecule has 2 rings (SSSR count). The summed E-state index contributed by atoms with van der Waals surface area (Å²) in [5.41, 5.74) is 1.77. The highest BCUT2D eigenvalue weighted by Gasteiger charge is 2.14. The van der Waals surface area contributed by atoms with E-state index in [1.54, 1.807) is 12.1 Å². The average Bonchev–Trinajstić information content (AvgIpc) is 2.46. The Labute approximate surface area is 124 Å². The first-order valence-electron chi connectivity index (χ1n) is 5.94. The van der Waals surface area contributed by atoms with Crippen LogP contribution in [0.1, 0.15) is 5.56 Å². The molecule has 0 aliphatic heterocycles. The summed E-state index contributed by atoms with van der Waals surface area (Å²) < 4.78 is 6.08. The van der Waals surface area contributed by atoms with Gasteiger partial charge in [0.25, 0.3) is 5.69 Å². The third-order valence-corrected chi connectivity index (χ3v) is 3.71. The molecule has 6 heteroatoms. The van der Waals surface area contributed by atoms with Crippen LogP contribution in [-0.4, -0.2) is 12.0 Å². The van der Waals surface area contributed by atoms with Crippen LogP contribution in [0.25, 0.3) is 0 Å². The zero-order valence-electron chi connectivity index (χ0n) is 10.8. The van der Waals surface area contributed by atoms with Gasteiger partial charge in [-0.1, -0.05) is 12.1 Å². The van der Waals surface area contributed by atoms with Crippen LogP contribution in [-0.2, 0) is 6.61 Å². The van der Waals surface area contributed by atoms with Crippen molar-refractivity contribution in [3.63, 3.8) is 0 Å². The predicted molar refractivity (Wildman–Crippen MR) is 81.1 cm³/mol. The van der Waals surface area contributed by atoms with E-state index in [1.807, 2.05) is 31.3 Å². The molecule has 0 bridgehead atoms. The van der Waals surface area contributed by atoms with Crippen molar-refractivity contribution in [1.29, 1.82) is 0 Å². The minimum absolute atomic E-state index is 0.0385. The molecule has 0 atom stereocenters. The minimum Gasteiger partial charge on any atom is -0.489 e. The molecule has 0 unspecified atom stereocenters. The largest absolute Gasteiger partial charge is 0.489 e. The van der Waals surface area contributed by atoms with E-state index in [0.717, 1.165) is 11.3 Å². The standard InChI is InChI=1S/C14H13BrN2O3/c1-16-11-5-7-12(8-6-11)20-9-10-3-2-4-13(14(10)15)17(18)19/h2-8,16H,9H2,1H3. The van der Waals surface area contributed by atoms with Gasteiger partial charge in [0.2, 0.25) is 0 Å². The van der Waals surface area contributed by atoms with Gasteiger partial charge in [-0.3, -0.25) is 10.1 Å². The van der Waals surface area contributed by atoms with Crippen molar-refractivity contribution in [3.05, 3.63) is 62.6 Å². The molecule has 0 amide bonds. The molecule has 0 heterocycles. The number of hydrogen-bond acceptors (Lipinski definition) is 4. The highest BCUT2D eigenvalue weighted by Crippen LogP contribution is 2.29. The number of nitrogens with one attached hydrogen (secondary N) is 1. The van der Waals surface area contributed by atoms with Crippen LogP contribution in [0.3, 0.4) is 0 Å². The molecule has 5 nitrogen and oxygen atoms in total. The number of ether oxygens (including phenoxy) is 1. The highest BCUT2D eigenvalue weighted by molar-refractivity contribution is 9.10. The van der Waals surface area contributed by atoms with Gasteiger partial charge in [0.15, 0.2) is 0 Å². The number of hydrogen-bond donors (Lipinski definition) is 1. The molecule has 0 saturated heterocycles.